The normalized spacial score (nSPS) is 20.2. The van der Waals surface area contributed by atoms with Crippen LogP contribution in [-0.4, -0.2) is 37.0 Å². The number of benzene rings is 1. The Hall–Kier alpha value is -2.15. The highest BCUT2D eigenvalue weighted by molar-refractivity contribution is 6.00. The molecule has 1 atom stereocenters. The fraction of sp³-hybridized carbons (Fsp3) is 0.500. The molecular formula is C14H18N4O3. The highest BCUT2D eigenvalue weighted by Gasteiger charge is 2.27. The van der Waals surface area contributed by atoms with Gasteiger partial charge in [0.1, 0.15) is 5.69 Å². The summed E-state index contributed by atoms with van der Waals surface area (Å²) in [6.07, 6.45) is 2.44. The molecule has 2 aliphatic heterocycles. The highest BCUT2D eigenvalue weighted by atomic mass is 16.6. The van der Waals surface area contributed by atoms with Gasteiger partial charge in [0.2, 0.25) is 5.91 Å². The standard InChI is InChI=1S/C14H18N4O3/c1-17(8-10-3-2-4-15-10)12-7-11-9(6-14(19)16-11)5-13(12)18(20)21/h5,7,10,15H,2-4,6,8H2,1H3,(H,16,19). The Kier molecular flexibility index (Phi) is 3.50. The minimum Gasteiger partial charge on any atom is -0.367 e. The third-order valence-corrected chi connectivity index (χ3v) is 4.09. The zero-order valence-corrected chi connectivity index (χ0v) is 11.9. The van der Waals surface area contributed by atoms with Crippen LogP contribution < -0.4 is 15.5 Å². The van der Waals surface area contributed by atoms with Gasteiger partial charge >= 0.3 is 0 Å². The summed E-state index contributed by atoms with van der Waals surface area (Å²) < 4.78 is 0. The van der Waals surface area contributed by atoms with E-state index in [2.05, 4.69) is 10.6 Å². The van der Waals surface area contributed by atoms with Crippen LogP contribution in [0.4, 0.5) is 17.1 Å². The number of nitrogens with one attached hydrogen (secondary N) is 2. The number of carbonyl (C=O) groups excluding carboxylic acids is 1. The monoisotopic (exact) mass is 290 g/mol. The van der Waals surface area contributed by atoms with E-state index in [9.17, 15) is 14.9 Å². The van der Waals surface area contributed by atoms with Crippen molar-refractivity contribution in [1.29, 1.82) is 0 Å². The number of rotatable bonds is 4. The highest BCUT2D eigenvalue weighted by Crippen LogP contribution is 2.36. The van der Waals surface area contributed by atoms with E-state index in [1.807, 2.05) is 11.9 Å². The lowest BCUT2D eigenvalue weighted by Crippen LogP contribution is -2.35. The molecule has 1 amide bonds. The second-order valence-electron chi connectivity index (χ2n) is 5.65. The lowest BCUT2D eigenvalue weighted by molar-refractivity contribution is -0.384. The quantitative estimate of drug-likeness (QED) is 0.644. The first kappa shape index (κ1) is 13.8. The van der Waals surface area contributed by atoms with Crippen molar-refractivity contribution < 1.29 is 9.72 Å². The molecule has 1 unspecified atom stereocenters. The number of nitro benzene ring substituents is 1. The van der Waals surface area contributed by atoms with Crippen molar-refractivity contribution in [3.63, 3.8) is 0 Å². The van der Waals surface area contributed by atoms with E-state index in [0.717, 1.165) is 19.4 Å². The molecule has 0 aromatic heterocycles. The Balaban J connectivity index is 1.90. The fourth-order valence-corrected chi connectivity index (χ4v) is 3.04. The molecule has 0 bridgehead atoms. The molecule has 2 N–H and O–H groups in total. The topological polar surface area (TPSA) is 87.5 Å². The summed E-state index contributed by atoms with van der Waals surface area (Å²) in [5.74, 6) is -0.114. The van der Waals surface area contributed by atoms with Crippen LogP contribution in [-0.2, 0) is 11.2 Å². The molecular weight excluding hydrogens is 272 g/mol. The van der Waals surface area contributed by atoms with Crippen LogP contribution >= 0.6 is 0 Å². The average molecular weight is 290 g/mol. The van der Waals surface area contributed by atoms with Crippen LogP contribution in [0.3, 0.4) is 0 Å². The largest absolute Gasteiger partial charge is 0.367 e. The maximum Gasteiger partial charge on any atom is 0.292 e. The van der Waals surface area contributed by atoms with Gasteiger partial charge in [0.25, 0.3) is 5.69 Å². The summed E-state index contributed by atoms with van der Waals surface area (Å²) in [5.41, 5.74) is 2.00. The molecule has 0 saturated carbocycles. The van der Waals surface area contributed by atoms with Crippen molar-refractivity contribution in [1.82, 2.24) is 5.32 Å². The van der Waals surface area contributed by atoms with Crippen LogP contribution in [0.25, 0.3) is 0 Å². The molecule has 3 rings (SSSR count). The van der Waals surface area contributed by atoms with Gasteiger partial charge in [0.05, 0.1) is 11.3 Å². The Morgan fingerprint density at radius 3 is 2.95 bits per heavy atom. The number of anilines is 2. The van der Waals surface area contributed by atoms with E-state index in [4.69, 9.17) is 0 Å². The third kappa shape index (κ3) is 2.69. The molecule has 7 heteroatoms. The summed E-state index contributed by atoms with van der Waals surface area (Å²) >= 11 is 0. The number of carbonyl (C=O) groups is 1. The van der Waals surface area contributed by atoms with Gasteiger partial charge in [0, 0.05) is 31.4 Å². The summed E-state index contributed by atoms with van der Waals surface area (Å²) in [6.45, 7) is 1.72. The van der Waals surface area contributed by atoms with E-state index in [1.165, 1.54) is 6.07 Å². The zero-order valence-electron chi connectivity index (χ0n) is 11.9. The molecule has 1 aromatic rings. The van der Waals surface area contributed by atoms with Gasteiger partial charge < -0.3 is 15.5 Å². The number of nitrogens with zero attached hydrogens (tertiary/aromatic N) is 2. The molecule has 7 nitrogen and oxygen atoms in total. The maximum atomic E-state index is 11.4. The van der Waals surface area contributed by atoms with E-state index in [0.29, 0.717) is 29.5 Å². The number of hydrogen-bond donors (Lipinski definition) is 2. The first-order valence-corrected chi connectivity index (χ1v) is 7.10. The number of fused-ring (bicyclic) bond motifs is 1. The predicted molar refractivity (Wildman–Crippen MR) is 79.7 cm³/mol. The van der Waals surface area contributed by atoms with Crippen LogP contribution in [0.1, 0.15) is 18.4 Å². The Labute approximate surface area is 122 Å². The fourth-order valence-electron chi connectivity index (χ4n) is 3.04. The number of nitro groups is 1. The lowest BCUT2D eigenvalue weighted by Gasteiger charge is -2.23. The van der Waals surface area contributed by atoms with Crippen molar-refractivity contribution in [3.8, 4) is 0 Å². The maximum absolute atomic E-state index is 11.4. The molecule has 21 heavy (non-hydrogen) atoms. The van der Waals surface area contributed by atoms with Gasteiger partial charge in [-0.2, -0.15) is 0 Å². The SMILES string of the molecule is CN(CC1CCCN1)c1cc2c(cc1[N+](=O)[O-])CC(=O)N2. The van der Waals surface area contributed by atoms with E-state index >= 15 is 0 Å². The smallest absolute Gasteiger partial charge is 0.292 e. The Morgan fingerprint density at radius 1 is 1.48 bits per heavy atom. The van der Waals surface area contributed by atoms with Crippen molar-refractivity contribution in [2.24, 2.45) is 0 Å². The van der Waals surface area contributed by atoms with Crippen LogP contribution in [0.2, 0.25) is 0 Å². The van der Waals surface area contributed by atoms with Gasteiger partial charge in [-0.15, -0.1) is 0 Å². The van der Waals surface area contributed by atoms with Crippen molar-refractivity contribution in [2.45, 2.75) is 25.3 Å². The van der Waals surface area contributed by atoms with Gasteiger partial charge in [-0.1, -0.05) is 0 Å². The van der Waals surface area contributed by atoms with Crippen LogP contribution in [0.5, 0.6) is 0 Å². The molecule has 0 spiro atoms. The molecule has 2 aliphatic rings. The minimum absolute atomic E-state index is 0.0609. The molecule has 2 heterocycles. The summed E-state index contributed by atoms with van der Waals surface area (Å²) in [7, 11) is 1.85. The molecule has 1 fully saturated rings. The van der Waals surface area contributed by atoms with Gasteiger partial charge in [-0.3, -0.25) is 14.9 Å². The van der Waals surface area contributed by atoms with Crippen molar-refractivity contribution in [2.75, 3.05) is 30.4 Å². The first-order chi connectivity index (χ1) is 10.0. The Bertz CT molecular complexity index is 596. The summed E-state index contributed by atoms with van der Waals surface area (Å²) in [4.78, 5) is 24.3. The second-order valence-corrected chi connectivity index (χ2v) is 5.65. The van der Waals surface area contributed by atoms with Gasteiger partial charge in [-0.05, 0) is 31.0 Å². The van der Waals surface area contributed by atoms with Crippen molar-refractivity contribution >= 4 is 23.0 Å². The van der Waals surface area contributed by atoms with Gasteiger partial charge in [0.15, 0.2) is 0 Å². The zero-order chi connectivity index (χ0) is 15.0. The van der Waals surface area contributed by atoms with E-state index in [1.54, 1.807) is 6.07 Å². The molecule has 1 aromatic carbocycles. The number of hydrogen-bond acceptors (Lipinski definition) is 5. The van der Waals surface area contributed by atoms with Crippen LogP contribution in [0.15, 0.2) is 12.1 Å². The van der Waals surface area contributed by atoms with Gasteiger partial charge in [-0.25, -0.2) is 0 Å². The minimum atomic E-state index is -0.378. The Morgan fingerprint density at radius 2 is 2.29 bits per heavy atom. The van der Waals surface area contributed by atoms with Crippen LogP contribution in [0, 0.1) is 10.1 Å². The van der Waals surface area contributed by atoms with Crippen molar-refractivity contribution in [3.05, 3.63) is 27.8 Å². The summed E-state index contributed by atoms with van der Waals surface area (Å²) in [5, 5.41) is 17.4. The second kappa shape index (κ2) is 5.33. The molecule has 0 radical (unpaired) electrons. The molecule has 1 saturated heterocycles. The number of likely N-dealkylation sites (N-methyl/N-ethyl adjacent to an activating group) is 1. The first-order valence-electron chi connectivity index (χ1n) is 7.10. The van der Waals surface area contributed by atoms with E-state index < -0.39 is 0 Å². The summed E-state index contributed by atoms with van der Waals surface area (Å²) in [6, 6.07) is 3.59. The lowest BCUT2D eigenvalue weighted by atomic mass is 10.1. The molecule has 112 valence electrons. The number of amides is 1. The average Bonchev–Trinajstić information content (AvgIpc) is 3.04. The molecule has 0 aliphatic carbocycles. The predicted octanol–water partition coefficient (Wildman–Crippen LogP) is 1.28. The third-order valence-electron chi connectivity index (χ3n) is 4.09. The van der Waals surface area contributed by atoms with E-state index in [-0.39, 0.29) is 22.9 Å².